The second kappa shape index (κ2) is 4.55. The van der Waals surface area contributed by atoms with Gasteiger partial charge in [-0.3, -0.25) is 0 Å². The van der Waals surface area contributed by atoms with Gasteiger partial charge in [0.15, 0.2) is 5.65 Å². The molecule has 0 bridgehead atoms. The van der Waals surface area contributed by atoms with E-state index in [-0.39, 0.29) is 11.2 Å². The van der Waals surface area contributed by atoms with Crippen LogP contribution in [0.4, 0.5) is 0 Å². The molecule has 3 aromatic rings. The van der Waals surface area contributed by atoms with Gasteiger partial charge in [-0.25, -0.2) is 4.98 Å². The van der Waals surface area contributed by atoms with E-state index in [0.29, 0.717) is 22.5 Å². The molecular weight excluding hydrogens is 266 g/mol. The van der Waals surface area contributed by atoms with Gasteiger partial charge < -0.3 is 9.72 Å². The fraction of sp³-hybridized carbons (Fsp3) is 0. The Hall–Kier alpha value is -2.65. The normalized spacial score (nSPS) is 10.3. The zero-order valence-corrected chi connectivity index (χ0v) is 10.2. The van der Waals surface area contributed by atoms with Crippen molar-refractivity contribution in [3.63, 3.8) is 0 Å². The number of aromatic amines is 1. The van der Waals surface area contributed by atoms with Gasteiger partial charge in [-0.15, -0.1) is 0 Å². The Morgan fingerprint density at radius 2 is 2.21 bits per heavy atom. The topological polar surface area (TPSA) is 87.5 Å². The number of nitrogens with one attached hydrogen (secondary N) is 1. The average molecular weight is 272 g/mol. The Morgan fingerprint density at radius 3 is 3.05 bits per heavy atom. The van der Waals surface area contributed by atoms with E-state index in [0.717, 1.165) is 0 Å². The number of benzene rings is 1. The highest BCUT2D eigenvalue weighted by Gasteiger charge is 2.11. The van der Waals surface area contributed by atoms with Gasteiger partial charge in [0.05, 0.1) is 18.0 Å². The van der Waals surface area contributed by atoms with E-state index in [2.05, 4.69) is 19.9 Å². The van der Waals surface area contributed by atoms with Crippen molar-refractivity contribution in [3.05, 3.63) is 41.4 Å². The van der Waals surface area contributed by atoms with Crippen molar-refractivity contribution in [1.29, 1.82) is 5.26 Å². The lowest BCUT2D eigenvalue weighted by molar-refractivity contribution is 0.467. The number of nitriles is 1. The van der Waals surface area contributed by atoms with E-state index in [1.165, 1.54) is 6.33 Å². The van der Waals surface area contributed by atoms with Crippen LogP contribution in [-0.2, 0) is 0 Å². The van der Waals surface area contributed by atoms with Crippen molar-refractivity contribution in [2.45, 2.75) is 0 Å². The Morgan fingerprint density at radius 1 is 1.32 bits per heavy atom. The molecule has 1 aromatic carbocycles. The number of fused-ring (bicyclic) bond motifs is 1. The summed E-state index contributed by atoms with van der Waals surface area (Å²) in [6, 6.07) is 8.78. The first-order chi connectivity index (χ1) is 9.26. The molecule has 0 aliphatic rings. The van der Waals surface area contributed by atoms with Crippen LogP contribution in [0.25, 0.3) is 11.2 Å². The second-order valence-electron chi connectivity index (χ2n) is 3.64. The molecule has 7 heteroatoms. The molecule has 2 heterocycles. The lowest BCUT2D eigenvalue weighted by Crippen LogP contribution is -1.93. The van der Waals surface area contributed by atoms with Crippen LogP contribution in [0, 0.1) is 11.3 Å². The van der Waals surface area contributed by atoms with E-state index >= 15 is 0 Å². The summed E-state index contributed by atoms with van der Waals surface area (Å²) < 4.78 is 5.62. The van der Waals surface area contributed by atoms with Crippen LogP contribution in [0.1, 0.15) is 5.56 Å². The number of H-pyrrole nitrogens is 1. The van der Waals surface area contributed by atoms with E-state index in [1.807, 2.05) is 6.07 Å². The van der Waals surface area contributed by atoms with Gasteiger partial charge in [0, 0.05) is 0 Å². The number of hydrogen-bond donors (Lipinski definition) is 1. The lowest BCUT2D eigenvalue weighted by atomic mass is 10.2. The Labute approximate surface area is 112 Å². The fourth-order valence-electron chi connectivity index (χ4n) is 1.60. The molecule has 0 aliphatic carbocycles. The van der Waals surface area contributed by atoms with Crippen molar-refractivity contribution in [3.8, 4) is 17.7 Å². The summed E-state index contributed by atoms with van der Waals surface area (Å²) in [5, 5.41) is 8.89. The fourth-order valence-corrected chi connectivity index (χ4v) is 1.75. The van der Waals surface area contributed by atoms with Gasteiger partial charge in [-0.1, -0.05) is 6.07 Å². The van der Waals surface area contributed by atoms with Crippen LogP contribution in [0.5, 0.6) is 11.6 Å². The van der Waals surface area contributed by atoms with Gasteiger partial charge in [0.25, 0.3) is 0 Å². The van der Waals surface area contributed by atoms with Crippen molar-refractivity contribution in [2.24, 2.45) is 0 Å². The second-order valence-corrected chi connectivity index (χ2v) is 3.98. The van der Waals surface area contributed by atoms with Crippen LogP contribution in [0.15, 0.2) is 30.6 Å². The summed E-state index contributed by atoms with van der Waals surface area (Å²) >= 11 is 5.80. The third kappa shape index (κ3) is 2.19. The van der Waals surface area contributed by atoms with Crippen LogP contribution >= 0.6 is 11.6 Å². The molecule has 6 nitrogen and oxygen atoms in total. The van der Waals surface area contributed by atoms with Crippen molar-refractivity contribution >= 4 is 22.8 Å². The highest BCUT2D eigenvalue weighted by molar-refractivity contribution is 6.28. The molecule has 0 radical (unpaired) electrons. The summed E-state index contributed by atoms with van der Waals surface area (Å²) in [6.45, 7) is 0. The van der Waals surface area contributed by atoms with Crippen molar-refractivity contribution < 1.29 is 4.74 Å². The summed E-state index contributed by atoms with van der Waals surface area (Å²) in [7, 11) is 0. The Balaban J connectivity index is 2.05. The molecular formula is C12H6ClN5O. The van der Waals surface area contributed by atoms with E-state index in [4.69, 9.17) is 21.6 Å². The minimum absolute atomic E-state index is 0.0473. The summed E-state index contributed by atoms with van der Waals surface area (Å²) in [6.07, 6.45) is 1.48. The minimum Gasteiger partial charge on any atom is -0.437 e. The van der Waals surface area contributed by atoms with E-state index < -0.39 is 0 Å². The molecule has 0 amide bonds. The monoisotopic (exact) mass is 271 g/mol. The molecule has 0 saturated carbocycles. The standard InChI is InChI=1S/C12H6ClN5O/c13-12-17-10-9(15-6-16-10)11(18-12)19-8-3-1-2-7(4-8)5-14/h1-4,6H,(H,15,16,17,18). The molecule has 3 rings (SSSR count). The Bertz CT molecular complexity index is 792. The first-order valence-corrected chi connectivity index (χ1v) is 5.69. The van der Waals surface area contributed by atoms with E-state index in [1.54, 1.807) is 24.3 Å². The first-order valence-electron chi connectivity index (χ1n) is 5.31. The van der Waals surface area contributed by atoms with Crippen molar-refractivity contribution in [2.75, 3.05) is 0 Å². The predicted octanol–water partition coefficient (Wildman–Crippen LogP) is 2.67. The summed E-state index contributed by atoms with van der Waals surface area (Å²) in [4.78, 5) is 14.8. The molecule has 0 spiro atoms. The van der Waals surface area contributed by atoms with Gasteiger partial charge in [-0.05, 0) is 29.8 Å². The quantitative estimate of drug-likeness (QED) is 0.724. The van der Waals surface area contributed by atoms with Crippen LogP contribution in [0.2, 0.25) is 5.28 Å². The zero-order chi connectivity index (χ0) is 13.2. The molecule has 19 heavy (non-hydrogen) atoms. The summed E-state index contributed by atoms with van der Waals surface area (Å²) in [5.41, 5.74) is 1.47. The van der Waals surface area contributed by atoms with Crippen LogP contribution in [-0.4, -0.2) is 19.9 Å². The van der Waals surface area contributed by atoms with Gasteiger partial charge >= 0.3 is 0 Å². The van der Waals surface area contributed by atoms with Gasteiger partial charge in [-0.2, -0.15) is 15.2 Å². The molecule has 2 aromatic heterocycles. The molecule has 0 unspecified atom stereocenters. The molecule has 1 N–H and O–H groups in total. The predicted molar refractivity (Wildman–Crippen MR) is 67.9 cm³/mol. The highest BCUT2D eigenvalue weighted by atomic mass is 35.5. The average Bonchev–Trinajstić information content (AvgIpc) is 2.87. The molecule has 0 saturated heterocycles. The highest BCUT2D eigenvalue weighted by Crippen LogP contribution is 2.26. The maximum atomic E-state index is 8.84. The number of aromatic nitrogens is 4. The SMILES string of the molecule is N#Cc1cccc(Oc2nc(Cl)nc3nc[nH]c23)c1. The van der Waals surface area contributed by atoms with E-state index in [9.17, 15) is 0 Å². The molecule has 0 aliphatic heterocycles. The number of imidazole rings is 1. The number of ether oxygens (including phenoxy) is 1. The van der Waals surface area contributed by atoms with Gasteiger partial charge in [0.2, 0.25) is 11.2 Å². The largest absolute Gasteiger partial charge is 0.437 e. The van der Waals surface area contributed by atoms with Gasteiger partial charge in [0.1, 0.15) is 11.3 Å². The number of halogens is 1. The van der Waals surface area contributed by atoms with Crippen molar-refractivity contribution in [1.82, 2.24) is 19.9 Å². The maximum absolute atomic E-state index is 8.84. The first kappa shape index (κ1) is 11.4. The third-order valence-electron chi connectivity index (χ3n) is 2.40. The minimum atomic E-state index is 0.0473. The Kier molecular flexibility index (Phi) is 2.74. The smallest absolute Gasteiger partial charge is 0.250 e. The number of rotatable bonds is 2. The number of nitrogens with zero attached hydrogens (tertiary/aromatic N) is 4. The van der Waals surface area contributed by atoms with Crippen LogP contribution in [0.3, 0.4) is 0 Å². The lowest BCUT2D eigenvalue weighted by Gasteiger charge is -2.05. The summed E-state index contributed by atoms with van der Waals surface area (Å²) in [5.74, 6) is 0.757. The zero-order valence-electron chi connectivity index (χ0n) is 9.46. The van der Waals surface area contributed by atoms with Crippen LogP contribution < -0.4 is 4.74 Å². The molecule has 0 atom stereocenters. The molecule has 0 fully saturated rings. The molecule has 92 valence electrons. The maximum Gasteiger partial charge on any atom is 0.250 e. The third-order valence-corrected chi connectivity index (χ3v) is 2.57. The number of hydrogen-bond acceptors (Lipinski definition) is 5.